The third kappa shape index (κ3) is 2.90. The second-order valence-electron chi connectivity index (χ2n) is 3.85. The van der Waals surface area contributed by atoms with Crippen LogP contribution in [0, 0.1) is 0 Å². The van der Waals surface area contributed by atoms with Crippen LogP contribution in [0.15, 0.2) is 45.0 Å². The largest absolute Gasteiger partial charge is 0.294 e. The van der Waals surface area contributed by atoms with Crippen molar-refractivity contribution in [3.05, 3.63) is 30.3 Å². The number of rotatable bonds is 2. The van der Waals surface area contributed by atoms with Gasteiger partial charge in [0.15, 0.2) is 0 Å². The Kier molecular flexibility index (Phi) is 3.35. The van der Waals surface area contributed by atoms with Gasteiger partial charge in [0.25, 0.3) is 10.1 Å². The van der Waals surface area contributed by atoms with Crippen LogP contribution in [0.3, 0.4) is 0 Å². The van der Waals surface area contributed by atoms with E-state index >= 15 is 0 Å². The van der Waals surface area contributed by atoms with Gasteiger partial charge in [0.2, 0.25) is 10.0 Å². The maximum atomic E-state index is 11.5. The quantitative estimate of drug-likeness (QED) is 0.565. The summed E-state index contributed by atoms with van der Waals surface area (Å²) in [6.45, 7) is 0. The molecule has 19 heavy (non-hydrogen) atoms. The monoisotopic (exact) mass is 319 g/mol. The average molecular weight is 319 g/mol. The highest BCUT2D eigenvalue weighted by atomic mass is 32.2. The zero-order valence-electron chi connectivity index (χ0n) is 9.31. The third-order valence-corrected chi connectivity index (χ3v) is 4.54. The summed E-state index contributed by atoms with van der Waals surface area (Å²) < 4.78 is 54.3. The van der Waals surface area contributed by atoms with Gasteiger partial charge < -0.3 is 0 Å². The van der Waals surface area contributed by atoms with E-state index in [1.54, 1.807) is 6.07 Å². The molecule has 6 nitrogen and oxygen atoms in total. The Hall–Kier alpha value is -1.13. The Morgan fingerprint density at radius 3 is 2.21 bits per heavy atom. The van der Waals surface area contributed by atoms with Crippen molar-refractivity contribution in [3.63, 3.8) is 0 Å². The van der Waals surface area contributed by atoms with Gasteiger partial charge in [-0.1, -0.05) is 6.07 Å². The molecule has 0 saturated heterocycles. The average Bonchev–Trinajstić information content (AvgIpc) is 2.24. The molecule has 0 fully saturated rings. The molecule has 0 heterocycles. The summed E-state index contributed by atoms with van der Waals surface area (Å²) in [7, 11) is -8.66. The number of benzene rings is 2. The summed E-state index contributed by atoms with van der Waals surface area (Å²) in [5, 5.41) is 5.60. The van der Waals surface area contributed by atoms with Crippen molar-refractivity contribution in [2.45, 2.75) is 14.7 Å². The number of nitrogens with two attached hydrogens (primary N) is 1. The molecule has 0 spiro atoms. The fourth-order valence-electron chi connectivity index (χ4n) is 1.68. The number of hydrogen-bond acceptors (Lipinski definition) is 5. The molecule has 102 valence electrons. The maximum Gasteiger partial charge on any atom is 0.294 e. The minimum Gasteiger partial charge on any atom is -0.282 e. The predicted octanol–water partition coefficient (Wildman–Crippen LogP) is 1.02. The lowest BCUT2D eigenvalue weighted by Crippen LogP contribution is -2.13. The number of hydrogen-bond donors (Lipinski definition) is 3. The molecular formula is C10H9NO5S3. The van der Waals surface area contributed by atoms with Crippen LogP contribution in [-0.2, 0) is 20.1 Å². The molecule has 0 unspecified atom stereocenters. The molecule has 2 aromatic carbocycles. The first kappa shape index (κ1) is 14.3. The van der Waals surface area contributed by atoms with Crippen LogP contribution in [0.5, 0.6) is 0 Å². The lowest BCUT2D eigenvalue weighted by Gasteiger charge is -2.08. The van der Waals surface area contributed by atoms with Crippen molar-refractivity contribution >= 4 is 43.5 Å². The molecule has 0 aliphatic heterocycles. The van der Waals surface area contributed by atoms with Gasteiger partial charge in [0.05, 0.1) is 9.79 Å². The molecule has 3 N–H and O–H groups in total. The smallest absolute Gasteiger partial charge is 0.282 e. The second kappa shape index (κ2) is 4.46. The molecule has 0 saturated carbocycles. The summed E-state index contributed by atoms with van der Waals surface area (Å²) in [5.74, 6) is 0. The molecule has 0 atom stereocenters. The van der Waals surface area contributed by atoms with E-state index in [0.717, 1.165) is 12.1 Å². The Labute approximate surface area is 115 Å². The van der Waals surface area contributed by atoms with Gasteiger partial charge in [-0.3, -0.25) is 4.55 Å². The lowest BCUT2D eigenvalue weighted by molar-refractivity contribution is 0.483. The molecular weight excluding hydrogens is 310 g/mol. The Balaban J connectivity index is 3.01. The van der Waals surface area contributed by atoms with E-state index < -0.39 is 25.0 Å². The topological polar surface area (TPSA) is 115 Å². The highest BCUT2D eigenvalue weighted by molar-refractivity contribution is 7.89. The van der Waals surface area contributed by atoms with Crippen LogP contribution in [0.25, 0.3) is 10.8 Å². The Morgan fingerprint density at radius 2 is 1.68 bits per heavy atom. The van der Waals surface area contributed by atoms with Gasteiger partial charge in [0, 0.05) is 10.3 Å². The van der Waals surface area contributed by atoms with Gasteiger partial charge in [-0.05, 0) is 29.7 Å². The molecule has 2 rings (SSSR count). The van der Waals surface area contributed by atoms with E-state index in [0.29, 0.717) is 10.3 Å². The summed E-state index contributed by atoms with van der Waals surface area (Å²) in [6.07, 6.45) is 0. The Morgan fingerprint density at radius 1 is 1.05 bits per heavy atom. The highest BCUT2D eigenvalue weighted by Gasteiger charge is 2.19. The number of thiol groups is 1. The summed E-state index contributed by atoms with van der Waals surface area (Å²) >= 11 is 4.08. The standard InChI is InChI=1S/C10H9NO5S3/c11-18(12,13)10-5-8(19(14,15)16)4-6-3-7(17)1-2-9(6)10/h1-5,17H,(H2,11,12,13)(H,14,15,16). The van der Waals surface area contributed by atoms with E-state index in [9.17, 15) is 16.8 Å². The van der Waals surface area contributed by atoms with Crippen molar-refractivity contribution < 1.29 is 21.4 Å². The van der Waals surface area contributed by atoms with Gasteiger partial charge in [-0.2, -0.15) is 8.42 Å². The molecule has 0 aromatic heterocycles. The molecule has 0 radical (unpaired) electrons. The van der Waals surface area contributed by atoms with Crippen molar-refractivity contribution in [3.8, 4) is 0 Å². The molecule has 2 aromatic rings. The fourth-order valence-corrected chi connectivity index (χ4v) is 3.29. The summed E-state index contributed by atoms with van der Waals surface area (Å²) in [6, 6.07) is 6.46. The van der Waals surface area contributed by atoms with Gasteiger partial charge in [-0.15, -0.1) is 12.6 Å². The molecule has 0 aliphatic carbocycles. The van der Waals surface area contributed by atoms with Gasteiger partial charge >= 0.3 is 0 Å². The van der Waals surface area contributed by atoms with Crippen molar-refractivity contribution in [2.24, 2.45) is 5.14 Å². The fraction of sp³-hybridized carbons (Fsp3) is 0. The van der Waals surface area contributed by atoms with Gasteiger partial charge in [-0.25, -0.2) is 13.6 Å². The van der Waals surface area contributed by atoms with Crippen LogP contribution >= 0.6 is 12.6 Å². The maximum absolute atomic E-state index is 11.5. The van der Waals surface area contributed by atoms with Crippen molar-refractivity contribution in [1.82, 2.24) is 0 Å². The summed E-state index contributed by atoms with van der Waals surface area (Å²) in [4.78, 5) is -0.394. The minimum atomic E-state index is -4.53. The van der Waals surface area contributed by atoms with E-state index in [2.05, 4.69) is 12.6 Å². The van der Waals surface area contributed by atoms with Crippen LogP contribution in [0.2, 0.25) is 0 Å². The second-order valence-corrected chi connectivity index (χ2v) is 7.31. The minimum absolute atomic E-state index is 0.257. The van der Waals surface area contributed by atoms with Crippen LogP contribution in [0.4, 0.5) is 0 Å². The van der Waals surface area contributed by atoms with Crippen molar-refractivity contribution in [1.29, 1.82) is 0 Å². The normalized spacial score (nSPS) is 12.8. The van der Waals surface area contributed by atoms with Crippen LogP contribution in [0.1, 0.15) is 0 Å². The first-order chi connectivity index (χ1) is 8.59. The number of sulfonamides is 1. The number of primary sulfonamides is 1. The zero-order valence-corrected chi connectivity index (χ0v) is 11.8. The van der Waals surface area contributed by atoms with Gasteiger partial charge in [0.1, 0.15) is 0 Å². The van der Waals surface area contributed by atoms with Crippen LogP contribution < -0.4 is 5.14 Å². The highest BCUT2D eigenvalue weighted by Crippen LogP contribution is 2.28. The first-order valence-electron chi connectivity index (χ1n) is 4.86. The molecule has 0 aliphatic rings. The zero-order chi connectivity index (χ0) is 14.4. The van der Waals surface area contributed by atoms with E-state index in [4.69, 9.17) is 9.69 Å². The first-order valence-corrected chi connectivity index (χ1v) is 8.29. The molecule has 9 heteroatoms. The molecule has 0 bridgehead atoms. The van der Waals surface area contributed by atoms with Crippen LogP contribution in [-0.4, -0.2) is 21.4 Å². The lowest BCUT2D eigenvalue weighted by atomic mass is 10.1. The summed E-state index contributed by atoms with van der Waals surface area (Å²) in [5.41, 5.74) is 0. The number of fused-ring (bicyclic) bond motifs is 1. The third-order valence-electron chi connectivity index (χ3n) is 2.48. The van der Waals surface area contributed by atoms with E-state index in [1.165, 1.54) is 12.1 Å². The van der Waals surface area contributed by atoms with Crippen molar-refractivity contribution in [2.75, 3.05) is 0 Å². The van der Waals surface area contributed by atoms with E-state index in [-0.39, 0.29) is 10.3 Å². The SMILES string of the molecule is NS(=O)(=O)c1cc(S(=O)(=O)O)cc2cc(S)ccc12. The molecule has 0 amide bonds. The Bertz CT molecular complexity index is 871. The predicted molar refractivity (Wildman–Crippen MR) is 72.4 cm³/mol. The van der Waals surface area contributed by atoms with E-state index in [1.807, 2.05) is 0 Å².